The molecule has 0 saturated heterocycles. The zero-order chi connectivity index (χ0) is 7.70. The zero-order valence-electron chi connectivity index (χ0n) is 8.85. The van der Waals surface area contributed by atoms with Crippen LogP contribution in [0.15, 0.2) is 0 Å². The molecule has 0 aromatic heterocycles. The Balaban J connectivity index is -0.0000000146. The molecule has 0 amide bonds. The maximum Gasteiger partial charge on any atom is 1.00 e. The van der Waals surface area contributed by atoms with E-state index in [-0.39, 0.29) is 51.8 Å². The van der Waals surface area contributed by atoms with Crippen LogP contribution in [0.1, 0.15) is 1.43 Å². The minimum atomic E-state index is 0. The third kappa shape index (κ3) is 65.3. The van der Waals surface area contributed by atoms with Crippen molar-refractivity contribution in [2.24, 2.45) is 0 Å². The predicted molar refractivity (Wildman–Crippen MR) is 45.6 cm³/mol. The van der Waals surface area contributed by atoms with Crippen molar-refractivity contribution in [2.45, 2.75) is 0 Å². The summed E-state index contributed by atoms with van der Waals surface area (Å²) >= 11 is 0. The van der Waals surface area contributed by atoms with Crippen molar-refractivity contribution < 1.29 is 63.5 Å². The molecule has 1 unspecified atom stereocenters. The summed E-state index contributed by atoms with van der Waals surface area (Å²) in [6, 6.07) is 0. The Morgan fingerprint density at radius 2 is 1.58 bits per heavy atom. The number of halogens is 1. The fraction of sp³-hybridized carbons (Fsp3) is 1.00. The van der Waals surface area contributed by atoms with Gasteiger partial charge in [0.25, 0.3) is 0 Å². The monoisotopic (exact) mass is 207 g/mol. The molecule has 4 nitrogen and oxygen atoms in total. The average Bonchev–Trinajstić information content (AvgIpc) is 1.89. The molecule has 3 N–H and O–H groups in total. The van der Waals surface area contributed by atoms with Gasteiger partial charge in [-0.2, -0.15) is 0 Å². The van der Waals surface area contributed by atoms with Crippen LogP contribution in [0.3, 0.4) is 0 Å². The van der Waals surface area contributed by atoms with Gasteiger partial charge < -0.3 is 18.8 Å². The molecule has 0 fully saturated rings. The Morgan fingerprint density at radius 1 is 1.42 bits per heavy atom. The van der Waals surface area contributed by atoms with Gasteiger partial charge in [0, 0.05) is 8.41 Å². The van der Waals surface area contributed by atoms with Gasteiger partial charge in [0.15, 0.2) is 7.98 Å². The van der Waals surface area contributed by atoms with Gasteiger partial charge in [-0.15, -0.1) is 0 Å². The summed E-state index contributed by atoms with van der Waals surface area (Å²) in [6.45, 7) is 0. The molecule has 0 saturated carbocycles. The van der Waals surface area contributed by atoms with Crippen molar-refractivity contribution in [1.29, 1.82) is 0 Å². The first-order chi connectivity index (χ1) is 4.18. The molecular formula is C4H19B2ClN2NaO2. The first kappa shape index (κ1) is 29.2. The van der Waals surface area contributed by atoms with Crippen molar-refractivity contribution in [1.82, 2.24) is 0 Å². The van der Waals surface area contributed by atoms with E-state index in [0.717, 1.165) is 0 Å². The molecular weight excluding hydrogens is 188 g/mol. The van der Waals surface area contributed by atoms with E-state index in [0.29, 0.717) is 7.98 Å². The summed E-state index contributed by atoms with van der Waals surface area (Å²) in [5.74, 6) is 0. The van der Waals surface area contributed by atoms with Crippen LogP contribution in [0.5, 0.6) is 0 Å². The van der Waals surface area contributed by atoms with Crippen LogP contribution in [-0.4, -0.2) is 44.7 Å². The number of nitrogens with one attached hydrogen (secondary N) is 1. The summed E-state index contributed by atoms with van der Waals surface area (Å²) in [5.41, 5.74) is 1.62. The molecule has 12 heavy (non-hydrogen) atoms. The van der Waals surface area contributed by atoms with Crippen LogP contribution in [0.2, 0.25) is 0 Å². The molecule has 0 spiro atoms. The Labute approximate surface area is 108 Å². The molecule has 3 radical (unpaired) electrons. The minimum absolute atomic E-state index is 0. The van der Waals surface area contributed by atoms with Crippen molar-refractivity contribution in [2.75, 3.05) is 28.3 Å². The Bertz CT molecular complexity index is 61.1. The van der Waals surface area contributed by atoms with E-state index < -0.39 is 0 Å². The third-order valence-corrected chi connectivity index (χ3v) is 0.440. The zero-order valence-corrected chi connectivity index (χ0v) is 10.6. The van der Waals surface area contributed by atoms with E-state index in [4.69, 9.17) is 4.84 Å². The fourth-order valence-electron chi connectivity index (χ4n) is 0. The summed E-state index contributed by atoms with van der Waals surface area (Å²) in [5, 5.41) is 0. The minimum Gasteiger partial charge on any atom is -1.00 e. The number of nitrogens with two attached hydrogens (primary N) is 1. The second-order valence-corrected chi connectivity index (χ2v) is 0.880. The number of rotatable bonds is 2. The van der Waals surface area contributed by atoms with Gasteiger partial charge >= 0.3 is 29.6 Å². The third-order valence-electron chi connectivity index (χ3n) is 0.440. The van der Waals surface area contributed by atoms with Gasteiger partial charge in [-0.25, -0.2) is 10.3 Å². The molecule has 8 heteroatoms. The van der Waals surface area contributed by atoms with Crippen LogP contribution < -0.4 is 52.4 Å². The summed E-state index contributed by atoms with van der Waals surface area (Å²) in [7, 11) is 7.59. The molecule has 1 atom stereocenters. The molecule has 0 aromatic rings. The molecule has 0 aliphatic heterocycles. The Kier molecular flexibility index (Phi) is 71.8. The van der Waals surface area contributed by atoms with Crippen LogP contribution in [0.25, 0.3) is 0 Å². The van der Waals surface area contributed by atoms with Gasteiger partial charge in [0.05, 0.1) is 28.3 Å². The summed E-state index contributed by atoms with van der Waals surface area (Å²) in [6.07, 6.45) is 0. The predicted octanol–water partition coefficient (Wildman–Crippen LogP) is -10.2. The smallest absolute Gasteiger partial charge is 1.00 e. The van der Waals surface area contributed by atoms with Gasteiger partial charge in [0.1, 0.15) is 0 Å². The van der Waals surface area contributed by atoms with Gasteiger partial charge in [-0.05, 0) is 0 Å². The van der Waals surface area contributed by atoms with Crippen molar-refractivity contribution in [3.63, 3.8) is 0 Å². The van der Waals surface area contributed by atoms with E-state index in [2.05, 4.69) is 4.84 Å². The SMILES string of the molecule is C[NH2+]OC.[BH3-][NH+](C)OC.[B].[Cl-].[H-].[Na+]. The summed E-state index contributed by atoms with van der Waals surface area (Å²) < 4.78 is 0. The fourth-order valence-corrected chi connectivity index (χ4v) is 0. The topological polar surface area (TPSA) is 39.5 Å². The van der Waals surface area contributed by atoms with Gasteiger partial charge in [-0.1, -0.05) is 0 Å². The van der Waals surface area contributed by atoms with E-state index in [9.17, 15) is 0 Å². The van der Waals surface area contributed by atoms with Gasteiger partial charge in [-0.3, -0.25) is 4.84 Å². The van der Waals surface area contributed by atoms with Crippen LogP contribution in [0.4, 0.5) is 0 Å². The van der Waals surface area contributed by atoms with Crippen LogP contribution in [0, 0.1) is 0 Å². The normalized spacial score (nSPS) is 8.75. The average molecular weight is 207 g/mol. The van der Waals surface area contributed by atoms with Crippen molar-refractivity contribution in [3.05, 3.63) is 0 Å². The quantitative estimate of drug-likeness (QED) is 0.349. The van der Waals surface area contributed by atoms with Crippen molar-refractivity contribution in [3.8, 4) is 0 Å². The van der Waals surface area contributed by atoms with E-state index >= 15 is 0 Å². The Hall–Kier alpha value is 1.26. The molecule has 71 valence electrons. The molecule has 0 bridgehead atoms. The first-order valence-corrected chi connectivity index (χ1v) is 2.33. The molecule has 0 heterocycles. The number of hydrogen-bond donors (Lipinski definition) is 2. The van der Waals surface area contributed by atoms with E-state index in [1.54, 1.807) is 19.7 Å². The maximum absolute atomic E-state index is 4.78. The maximum atomic E-state index is 4.78. The Morgan fingerprint density at radius 3 is 1.58 bits per heavy atom. The van der Waals surface area contributed by atoms with E-state index in [1.165, 1.54) is 4.97 Å². The molecule has 0 aliphatic carbocycles. The van der Waals surface area contributed by atoms with Crippen LogP contribution in [-0.2, 0) is 9.68 Å². The van der Waals surface area contributed by atoms with Crippen molar-refractivity contribution >= 4 is 16.4 Å². The largest absolute Gasteiger partial charge is 1.00 e. The molecule has 0 aliphatic rings. The van der Waals surface area contributed by atoms with Gasteiger partial charge in [0.2, 0.25) is 0 Å². The standard InChI is InChI=1S/C2H10BNO.C2H7NO.B.ClH.Na.H/c1-4(3)5-2;1-3-4-2;;;;/h4H,1-3H3;3H,1-2H3;;1H;;/q;;;;+1;-1. The number of quaternary nitrogens is 2. The summed E-state index contributed by atoms with van der Waals surface area (Å²) in [4.78, 5) is 10.4. The number of hydrogen-bond acceptors (Lipinski definition) is 2. The molecule has 0 rings (SSSR count). The van der Waals surface area contributed by atoms with E-state index in [1.807, 2.05) is 14.1 Å². The first-order valence-electron chi connectivity index (χ1n) is 2.33. The second kappa shape index (κ2) is 29.5. The van der Waals surface area contributed by atoms with Crippen LogP contribution >= 0.6 is 0 Å². The second-order valence-electron chi connectivity index (χ2n) is 0.880. The molecule has 0 aromatic carbocycles. The number of hydroxylamine groups is 2.